The van der Waals surface area contributed by atoms with Crippen LogP contribution in [0.4, 0.5) is 4.39 Å². The number of fused-ring (bicyclic) bond motifs is 1. The van der Waals surface area contributed by atoms with Gasteiger partial charge >= 0.3 is 0 Å². The summed E-state index contributed by atoms with van der Waals surface area (Å²) in [6.07, 6.45) is -5.32. The van der Waals surface area contributed by atoms with E-state index in [-0.39, 0.29) is 0 Å². The molecule has 2 aliphatic rings. The molecule has 0 aromatic carbocycles. The van der Waals surface area contributed by atoms with E-state index >= 15 is 0 Å². The summed E-state index contributed by atoms with van der Waals surface area (Å²) in [6, 6.07) is 0. The Balaban J connectivity index is 2.08. The van der Waals surface area contributed by atoms with Crippen LogP contribution in [-0.4, -0.2) is 62.9 Å². The maximum Gasteiger partial charge on any atom is 0.264 e. The summed E-state index contributed by atoms with van der Waals surface area (Å²) in [5.74, 6) is -0.961. The Morgan fingerprint density at radius 1 is 1.42 bits per heavy atom. The molecule has 0 amide bonds. The summed E-state index contributed by atoms with van der Waals surface area (Å²) >= 11 is 0. The largest absolute Gasteiger partial charge is 0.394 e. The van der Waals surface area contributed by atoms with Crippen LogP contribution < -0.4 is 0 Å². The molecule has 0 spiro atoms. The third-order valence-electron chi connectivity index (χ3n) is 2.85. The molecular weight excluding hydrogens is 283 g/mol. The van der Waals surface area contributed by atoms with Gasteiger partial charge in [-0.05, 0) is 13.8 Å². The van der Waals surface area contributed by atoms with Crippen LogP contribution in [0, 0.1) is 0 Å². The fourth-order valence-electron chi connectivity index (χ4n) is 2.20. The van der Waals surface area contributed by atoms with Crippen molar-refractivity contribution in [2.75, 3.05) is 12.9 Å². The number of hydrogen-bond donors (Lipinski definition) is 1. The molecule has 2 rings (SSSR count). The summed E-state index contributed by atoms with van der Waals surface area (Å²) in [6.45, 7) is 2.54. The van der Waals surface area contributed by atoms with Crippen LogP contribution in [0.1, 0.15) is 13.8 Å². The standard InChI is InChI=1S/C10H17FO7S/c1-10(2)16-8-6(11)7(15-9(8)17-10)5(4-12)18-19(3,13)14/h5-9,12H,4H2,1-3H3/t5-,6+,7+,8-,9-/m1/s1. The second-order valence-electron chi connectivity index (χ2n) is 5.04. The highest BCUT2D eigenvalue weighted by atomic mass is 32.2. The molecule has 112 valence electrons. The quantitative estimate of drug-likeness (QED) is 0.702. The third-order valence-corrected chi connectivity index (χ3v) is 3.45. The van der Waals surface area contributed by atoms with Crippen LogP contribution >= 0.6 is 0 Å². The van der Waals surface area contributed by atoms with E-state index in [9.17, 15) is 12.8 Å². The van der Waals surface area contributed by atoms with E-state index in [0.717, 1.165) is 6.26 Å². The van der Waals surface area contributed by atoms with E-state index in [2.05, 4.69) is 4.18 Å². The predicted octanol–water partition coefficient (Wildman–Crippen LogP) is -0.462. The summed E-state index contributed by atoms with van der Waals surface area (Å²) in [7, 11) is -3.83. The van der Waals surface area contributed by atoms with Gasteiger partial charge in [-0.3, -0.25) is 4.18 Å². The monoisotopic (exact) mass is 300 g/mol. The molecule has 1 N–H and O–H groups in total. The van der Waals surface area contributed by atoms with E-state index in [1.54, 1.807) is 13.8 Å². The smallest absolute Gasteiger partial charge is 0.264 e. The molecule has 0 radical (unpaired) electrons. The van der Waals surface area contributed by atoms with Crippen molar-refractivity contribution in [2.45, 2.75) is 50.4 Å². The van der Waals surface area contributed by atoms with Crippen molar-refractivity contribution in [2.24, 2.45) is 0 Å². The van der Waals surface area contributed by atoms with Gasteiger partial charge in [0.25, 0.3) is 10.1 Å². The predicted molar refractivity (Wildman–Crippen MR) is 60.4 cm³/mol. The summed E-state index contributed by atoms with van der Waals surface area (Å²) in [5, 5.41) is 9.12. The Bertz CT molecular complexity index is 437. The van der Waals surface area contributed by atoms with E-state index in [0.29, 0.717) is 0 Å². The number of rotatable bonds is 4. The third kappa shape index (κ3) is 3.23. The number of hydrogen-bond acceptors (Lipinski definition) is 7. The lowest BCUT2D eigenvalue weighted by molar-refractivity contribution is -0.220. The van der Waals surface area contributed by atoms with Gasteiger partial charge in [0.15, 0.2) is 18.2 Å². The van der Waals surface area contributed by atoms with Crippen LogP contribution in [0.5, 0.6) is 0 Å². The van der Waals surface area contributed by atoms with Gasteiger partial charge in [-0.2, -0.15) is 8.42 Å². The Morgan fingerprint density at radius 2 is 2.05 bits per heavy atom. The first kappa shape index (κ1) is 15.1. The van der Waals surface area contributed by atoms with Crippen molar-refractivity contribution < 1.29 is 36.3 Å². The first-order chi connectivity index (χ1) is 8.63. The van der Waals surface area contributed by atoms with Crippen LogP contribution in [0.25, 0.3) is 0 Å². The minimum atomic E-state index is -3.83. The SMILES string of the molecule is CC1(C)O[C@H]2O[C@@H]([C@@H](CO)OS(C)(=O)=O)[C@H](F)[C@H]2O1. The fraction of sp³-hybridized carbons (Fsp3) is 1.00. The van der Waals surface area contributed by atoms with Gasteiger partial charge in [0, 0.05) is 0 Å². The van der Waals surface area contributed by atoms with E-state index < -0.39 is 53.3 Å². The van der Waals surface area contributed by atoms with Gasteiger partial charge in [0.2, 0.25) is 0 Å². The highest BCUT2D eigenvalue weighted by molar-refractivity contribution is 7.86. The summed E-state index contributed by atoms with van der Waals surface area (Å²) in [5.41, 5.74) is 0. The minimum absolute atomic E-state index is 0.693. The average Bonchev–Trinajstić information content (AvgIpc) is 2.69. The zero-order chi connectivity index (χ0) is 14.4. The highest BCUT2D eigenvalue weighted by Gasteiger charge is 2.57. The molecule has 0 aromatic rings. The number of aliphatic hydroxyl groups is 1. The molecule has 0 unspecified atom stereocenters. The highest BCUT2D eigenvalue weighted by Crippen LogP contribution is 2.40. The van der Waals surface area contributed by atoms with Crippen molar-refractivity contribution in [1.29, 1.82) is 0 Å². The van der Waals surface area contributed by atoms with Gasteiger partial charge in [0.05, 0.1) is 12.9 Å². The Hall–Kier alpha value is -0.320. The van der Waals surface area contributed by atoms with Crippen molar-refractivity contribution >= 4 is 10.1 Å². The minimum Gasteiger partial charge on any atom is -0.394 e. The Kier molecular flexibility index (Phi) is 3.89. The van der Waals surface area contributed by atoms with E-state index in [1.165, 1.54) is 0 Å². The first-order valence-corrected chi connectivity index (χ1v) is 7.59. The number of aliphatic hydroxyl groups excluding tert-OH is 1. The lowest BCUT2D eigenvalue weighted by Gasteiger charge is -2.25. The molecule has 2 saturated heterocycles. The van der Waals surface area contributed by atoms with Crippen molar-refractivity contribution in [3.05, 3.63) is 0 Å². The molecule has 19 heavy (non-hydrogen) atoms. The van der Waals surface area contributed by atoms with Gasteiger partial charge in [0.1, 0.15) is 18.3 Å². The summed E-state index contributed by atoms with van der Waals surface area (Å²) in [4.78, 5) is 0. The molecule has 5 atom stereocenters. The molecule has 9 heteroatoms. The molecule has 7 nitrogen and oxygen atoms in total. The van der Waals surface area contributed by atoms with Gasteiger partial charge in [-0.15, -0.1) is 0 Å². The number of halogens is 1. The Labute approximate surface area is 110 Å². The molecular formula is C10H17FO7S. The van der Waals surface area contributed by atoms with Crippen molar-refractivity contribution in [3.8, 4) is 0 Å². The zero-order valence-corrected chi connectivity index (χ0v) is 11.6. The molecule has 2 heterocycles. The number of alkyl halides is 1. The maximum atomic E-state index is 14.2. The molecule has 2 aliphatic heterocycles. The van der Waals surface area contributed by atoms with Crippen LogP contribution in [0.15, 0.2) is 0 Å². The lowest BCUT2D eigenvalue weighted by Crippen LogP contribution is -2.42. The second-order valence-corrected chi connectivity index (χ2v) is 6.64. The van der Waals surface area contributed by atoms with Crippen LogP contribution in [-0.2, 0) is 28.5 Å². The van der Waals surface area contributed by atoms with Gasteiger partial charge < -0.3 is 19.3 Å². The lowest BCUT2D eigenvalue weighted by atomic mass is 10.1. The van der Waals surface area contributed by atoms with E-state index in [1.807, 2.05) is 0 Å². The second kappa shape index (κ2) is 4.90. The maximum absolute atomic E-state index is 14.2. The van der Waals surface area contributed by atoms with Gasteiger partial charge in [-0.25, -0.2) is 4.39 Å². The normalized spacial score (nSPS) is 39.2. The Morgan fingerprint density at radius 3 is 2.53 bits per heavy atom. The molecule has 0 aliphatic carbocycles. The van der Waals surface area contributed by atoms with Crippen LogP contribution in [0.2, 0.25) is 0 Å². The molecule has 0 aromatic heterocycles. The zero-order valence-electron chi connectivity index (χ0n) is 10.8. The van der Waals surface area contributed by atoms with Gasteiger partial charge in [-0.1, -0.05) is 0 Å². The number of ether oxygens (including phenoxy) is 3. The summed E-state index contributed by atoms with van der Waals surface area (Å²) < 4.78 is 56.8. The molecule has 0 bridgehead atoms. The topological polar surface area (TPSA) is 91.3 Å². The fourth-order valence-corrected chi connectivity index (χ4v) is 2.82. The van der Waals surface area contributed by atoms with Crippen molar-refractivity contribution in [1.82, 2.24) is 0 Å². The van der Waals surface area contributed by atoms with Crippen molar-refractivity contribution in [3.63, 3.8) is 0 Å². The average molecular weight is 300 g/mol. The molecule has 0 saturated carbocycles. The van der Waals surface area contributed by atoms with Crippen LogP contribution in [0.3, 0.4) is 0 Å². The molecule has 2 fully saturated rings. The first-order valence-electron chi connectivity index (χ1n) is 5.77. The van der Waals surface area contributed by atoms with E-state index in [4.69, 9.17) is 19.3 Å².